The smallest absolute Gasteiger partial charge is 0.295 e. The van der Waals surface area contributed by atoms with Crippen molar-refractivity contribution < 1.29 is 14.8 Å². The Bertz CT molecular complexity index is 637. The van der Waals surface area contributed by atoms with E-state index in [2.05, 4.69) is 4.98 Å². The summed E-state index contributed by atoms with van der Waals surface area (Å²) in [5.74, 6) is -0.616. The van der Waals surface area contributed by atoms with Gasteiger partial charge in [0.2, 0.25) is 0 Å². The van der Waals surface area contributed by atoms with Crippen LogP contribution in [0.4, 0.5) is 5.69 Å². The molecule has 0 saturated carbocycles. The number of hydrogen-bond acceptors (Lipinski definition) is 5. The normalized spacial score (nSPS) is 10.4. The van der Waals surface area contributed by atoms with Crippen molar-refractivity contribution in [1.82, 2.24) is 4.98 Å². The number of para-hydroxylation sites is 1. The van der Waals surface area contributed by atoms with Gasteiger partial charge in [-0.25, -0.2) is 4.98 Å². The minimum Gasteiger partial charge on any atom is -0.506 e. The number of nitro groups is 1. The third-order valence-electron chi connectivity index (χ3n) is 2.42. The van der Waals surface area contributed by atoms with Gasteiger partial charge in [0.1, 0.15) is 5.75 Å². The zero-order chi connectivity index (χ0) is 12.6. The van der Waals surface area contributed by atoms with Crippen molar-refractivity contribution in [3.05, 3.63) is 40.1 Å². The predicted molar refractivity (Wildman–Crippen MR) is 60.1 cm³/mol. The summed E-state index contributed by atoms with van der Waals surface area (Å²) < 4.78 is 0. The number of Topliss-reactive ketones (excluding diaryl/α,β-unsaturated/α-hetero) is 1. The summed E-state index contributed by atoms with van der Waals surface area (Å²) in [6.07, 6.45) is 1.15. The summed E-state index contributed by atoms with van der Waals surface area (Å²) in [5.41, 5.74) is -0.0779. The Morgan fingerprint density at radius 1 is 1.47 bits per heavy atom. The van der Waals surface area contributed by atoms with Gasteiger partial charge in [-0.1, -0.05) is 6.07 Å². The van der Waals surface area contributed by atoms with Crippen LogP contribution in [0.2, 0.25) is 0 Å². The van der Waals surface area contributed by atoms with Gasteiger partial charge in [-0.05, 0) is 13.0 Å². The Labute approximate surface area is 95.7 Å². The largest absolute Gasteiger partial charge is 0.506 e. The van der Waals surface area contributed by atoms with Gasteiger partial charge >= 0.3 is 0 Å². The molecular weight excluding hydrogens is 224 g/mol. The third-order valence-corrected chi connectivity index (χ3v) is 2.42. The first-order chi connectivity index (χ1) is 8.02. The summed E-state index contributed by atoms with van der Waals surface area (Å²) in [7, 11) is 0. The molecule has 0 atom stereocenters. The molecule has 1 N–H and O–H groups in total. The van der Waals surface area contributed by atoms with Gasteiger partial charge in [-0.3, -0.25) is 14.9 Å². The fourth-order valence-electron chi connectivity index (χ4n) is 1.60. The van der Waals surface area contributed by atoms with E-state index in [1.807, 2.05) is 0 Å². The Morgan fingerprint density at radius 2 is 2.18 bits per heavy atom. The van der Waals surface area contributed by atoms with Crippen molar-refractivity contribution in [2.24, 2.45) is 0 Å². The van der Waals surface area contributed by atoms with Gasteiger partial charge < -0.3 is 5.11 Å². The van der Waals surface area contributed by atoms with E-state index in [0.717, 1.165) is 6.20 Å². The van der Waals surface area contributed by atoms with E-state index in [4.69, 9.17) is 0 Å². The zero-order valence-electron chi connectivity index (χ0n) is 8.88. The molecule has 17 heavy (non-hydrogen) atoms. The van der Waals surface area contributed by atoms with E-state index < -0.39 is 4.92 Å². The lowest BCUT2D eigenvalue weighted by Crippen LogP contribution is -1.97. The maximum atomic E-state index is 11.2. The highest BCUT2D eigenvalue weighted by Crippen LogP contribution is 2.32. The monoisotopic (exact) mass is 232 g/mol. The number of carbonyl (C=O) groups excluding carboxylic acids is 1. The second-order valence-corrected chi connectivity index (χ2v) is 3.51. The molecule has 0 saturated heterocycles. The number of nitrogens with zero attached hydrogens (tertiary/aromatic N) is 2. The Balaban J connectivity index is 2.85. The maximum Gasteiger partial charge on any atom is 0.295 e. The van der Waals surface area contributed by atoms with Crippen LogP contribution in [0.1, 0.15) is 17.3 Å². The van der Waals surface area contributed by atoms with Gasteiger partial charge in [0.15, 0.2) is 11.3 Å². The van der Waals surface area contributed by atoms with Crippen LogP contribution in [0.15, 0.2) is 24.4 Å². The van der Waals surface area contributed by atoms with Crippen molar-refractivity contribution in [2.75, 3.05) is 0 Å². The van der Waals surface area contributed by atoms with E-state index >= 15 is 0 Å². The molecule has 0 amide bonds. The number of nitro benzene ring substituents is 1. The molecule has 0 spiro atoms. The number of aromatic nitrogens is 1. The molecular formula is C11H8N2O4. The molecule has 2 rings (SSSR count). The van der Waals surface area contributed by atoms with E-state index in [1.54, 1.807) is 0 Å². The summed E-state index contributed by atoms with van der Waals surface area (Å²) in [6.45, 7) is 1.29. The second kappa shape index (κ2) is 3.82. The third kappa shape index (κ3) is 1.69. The number of hydrogen-bond donors (Lipinski definition) is 1. The number of non-ortho nitro benzene ring substituents is 1. The highest BCUT2D eigenvalue weighted by atomic mass is 16.6. The molecule has 0 aliphatic heterocycles. The SMILES string of the molecule is CC(=O)c1cnc2c([N+](=O)[O-])cccc2c1O. The fourth-order valence-corrected chi connectivity index (χ4v) is 1.60. The van der Waals surface area contributed by atoms with Crippen LogP contribution >= 0.6 is 0 Å². The summed E-state index contributed by atoms with van der Waals surface area (Å²) >= 11 is 0. The van der Waals surface area contributed by atoms with Crippen LogP contribution in [0.25, 0.3) is 10.9 Å². The average molecular weight is 232 g/mol. The number of fused-ring (bicyclic) bond motifs is 1. The molecule has 6 nitrogen and oxygen atoms in total. The lowest BCUT2D eigenvalue weighted by atomic mass is 10.1. The molecule has 6 heteroatoms. The highest BCUT2D eigenvalue weighted by molar-refractivity contribution is 6.03. The minimum absolute atomic E-state index is 0.0537. The molecule has 1 heterocycles. The van der Waals surface area contributed by atoms with E-state index in [9.17, 15) is 20.0 Å². The Hall–Kier alpha value is -2.50. The molecule has 1 aromatic heterocycles. The summed E-state index contributed by atoms with van der Waals surface area (Å²) in [4.78, 5) is 25.2. The van der Waals surface area contributed by atoms with E-state index in [-0.39, 0.29) is 33.7 Å². The first-order valence-corrected chi connectivity index (χ1v) is 4.78. The average Bonchev–Trinajstić information content (AvgIpc) is 2.28. The van der Waals surface area contributed by atoms with Crippen LogP contribution < -0.4 is 0 Å². The number of benzene rings is 1. The standard InChI is InChI=1S/C11H8N2O4/c1-6(14)8-5-12-10-7(11(8)15)3-2-4-9(10)13(16)17/h2-5H,1H3,(H,12,15). The number of aromatic hydroxyl groups is 1. The van der Waals surface area contributed by atoms with Crippen molar-refractivity contribution in [3.8, 4) is 5.75 Å². The molecule has 0 aliphatic carbocycles. The van der Waals surface area contributed by atoms with E-state index in [0.29, 0.717) is 0 Å². The first kappa shape index (κ1) is 11.0. The predicted octanol–water partition coefficient (Wildman–Crippen LogP) is 2.05. The van der Waals surface area contributed by atoms with Gasteiger partial charge in [-0.15, -0.1) is 0 Å². The zero-order valence-corrected chi connectivity index (χ0v) is 8.88. The molecule has 1 aromatic carbocycles. The fraction of sp³-hybridized carbons (Fsp3) is 0.0909. The molecule has 0 bridgehead atoms. The minimum atomic E-state index is -0.581. The number of pyridine rings is 1. The van der Waals surface area contributed by atoms with Gasteiger partial charge in [-0.2, -0.15) is 0 Å². The Kier molecular flexibility index (Phi) is 2.47. The number of rotatable bonds is 2. The van der Waals surface area contributed by atoms with Gasteiger partial charge in [0.25, 0.3) is 5.69 Å². The molecule has 0 aliphatic rings. The maximum absolute atomic E-state index is 11.2. The lowest BCUT2D eigenvalue weighted by Gasteiger charge is -2.04. The lowest BCUT2D eigenvalue weighted by molar-refractivity contribution is -0.383. The topological polar surface area (TPSA) is 93.3 Å². The molecule has 2 aromatic rings. The van der Waals surface area contributed by atoms with Crippen molar-refractivity contribution in [2.45, 2.75) is 6.92 Å². The van der Waals surface area contributed by atoms with Gasteiger partial charge in [0.05, 0.1) is 10.5 Å². The van der Waals surface area contributed by atoms with Crippen LogP contribution in [0.5, 0.6) is 5.75 Å². The summed E-state index contributed by atoms with van der Waals surface area (Å²) in [6, 6.07) is 4.21. The van der Waals surface area contributed by atoms with Crippen LogP contribution in [0, 0.1) is 10.1 Å². The molecule has 0 fully saturated rings. The molecule has 0 unspecified atom stereocenters. The van der Waals surface area contributed by atoms with Crippen LogP contribution in [-0.4, -0.2) is 20.8 Å². The quantitative estimate of drug-likeness (QED) is 0.485. The Morgan fingerprint density at radius 3 is 2.76 bits per heavy atom. The molecule has 0 radical (unpaired) electrons. The second-order valence-electron chi connectivity index (χ2n) is 3.51. The van der Waals surface area contributed by atoms with E-state index in [1.165, 1.54) is 25.1 Å². The van der Waals surface area contributed by atoms with Crippen molar-refractivity contribution in [1.29, 1.82) is 0 Å². The van der Waals surface area contributed by atoms with Crippen LogP contribution in [0.3, 0.4) is 0 Å². The molecule has 86 valence electrons. The summed E-state index contributed by atoms with van der Waals surface area (Å²) in [5, 5.41) is 20.8. The van der Waals surface area contributed by atoms with Gasteiger partial charge in [0, 0.05) is 17.6 Å². The van der Waals surface area contributed by atoms with Crippen molar-refractivity contribution >= 4 is 22.4 Å². The first-order valence-electron chi connectivity index (χ1n) is 4.78. The van der Waals surface area contributed by atoms with Crippen LogP contribution in [-0.2, 0) is 0 Å². The number of carbonyl (C=O) groups is 1. The highest BCUT2D eigenvalue weighted by Gasteiger charge is 2.18. The van der Waals surface area contributed by atoms with Crippen molar-refractivity contribution in [3.63, 3.8) is 0 Å². The number of ketones is 1.